The summed E-state index contributed by atoms with van der Waals surface area (Å²) in [6, 6.07) is 17.8. The van der Waals surface area contributed by atoms with Crippen molar-refractivity contribution in [2.45, 2.75) is 6.10 Å². The second kappa shape index (κ2) is 10.2. The predicted octanol–water partition coefficient (Wildman–Crippen LogP) is 2.80. The van der Waals surface area contributed by atoms with Crippen LogP contribution in [0.15, 0.2) is 71.3 Å². The summed E-state index contributed by atoms with van der Waals surface area (Å²) in [7, 11) is 0. The van der Waals surface area contributed by atoms with Gasteiger partial charge in [-0.15, -0.1) is 5.46 Å². The van der Waals surface area contributed by atoms with Gasteiger partial charge in [-0.2, -0.15) is 4.98 Å². The molecule has 1 unspecified atom stereocenters. The Morgan fingerprint density at radius 1 is 0.971 bits per heavy atom. The van der Waals surface area contributed by atoms with Crippen molar-refractivity contribution in [3.63, 3.8) is 0 Å². The summed E-state index contributed by atoms with van der Waals surface area (Å²) in [5.41, 5.74) is 2.07. The fourth-order valence-electron chi connectivity index (χ4n) is 3.61. The predicted molar refractivity (Wildman–Crippen MR) is 124 cm³/mol. The molecule has 5 nitrogen and oxygen atoms in total. The number of fused-ring (bicyclic) bond motifs is 1. The Morgan fingerprint density at radius 2 is 1.68 bits per heavy atom. The summed E-state index contributed by atoms with van der Waals surface area (Å²) in [5, 5.41) is 13.7. The van der Waals surface area contributed by atoms with E-state index in [1.54, 1.807) is 12.1 Å². The Morgan fingerprint density at radius 3 is 2.35 bits per heavy atom. The van der Waals surface area contributed by atoms with Crippen LogP contribution in [0.2, 0.25) is 10.0 Å². The zero-order valence-electron chi connectivity index (χ0n) is 17.8. The van der Waals surface area contributed by atoms with Crippen LogP contribution in [-0.2, 0) is 0 Å². The zero-order valence-corrected chi connectivity index (χ0v) is 22.4. The van der Waals surface area contributed by atoms with Crippen molar-refractivity contribution in [1.29, 1.82) is 0 Å². The molecule has 1 atom stereocenters. The molecule has 166 valence electrons. The third kappa shape index (κ3) is 5.17. The Labute approximate surface area is 246 Å². The number of benzene rings is 3. The maximum Gasteiger partial charge on any atom is 1.00 e. The van der Waals surface area contributed by atoms with Crippen LogP contribution in [0.3, 0.4) is 0 Å². The molecule has 0 saturated carbocycles. The van der Waals surface area contributed by atoms with Gasteiger partial charge in [0.2, 0.25) is 5.82 Å². The van der Waals surface area contributed by atoms with E-state index in [9.17, 15) is 8.63 Å². The molecule has 0 fully saturated rings. The second-order valence-corrected chi connectivity index (χ2v) is 8.33. The first-order valence-electron chi connectivity index (χ1n) is 9.90. The molecule has 1 aliphatic rings. The topological polar surface area (TPSA) is 68.4 Å². The van der Waals surface area contributed by atoms with Crippen molar-refractivity contribution in [3.05, 3.63) is 93.8 Å². The van der Waals surface area contributed by atoms with Crippen LogP contribution in [-0.4, -0.2) is 22.1 Å². The molecule has 34 heavy (non-hydrogen) atoms. The summed E-state index contributed by atoms with van der Waals surface area (Å²) >= 11 is 12.5. The summed E-state index contributed by atoms with van der Waals surface area (Å²) < 4.78 is 38.0. The monoisotopic (exact) mass is 524 g/mol. The van der Waals surface area contributed by atoms with Crippen LogP contribution in [0, 0.1) is 0 Å². The standard InChI is InChI=1S/C23H14BCl2F2N2O3.K/c25-17-10-15-11-18(20(13-4-2-1-3-5-13)32-21(15)19(26)12-17)23-29-22(30-33-23)14-6-8-16(9-7-14)24(27,28)31;/h1-12,20,31H;/q-1;+1. The van der Waals surface area contributed by atoms with Crippen LogP contribution in [0.1, 0.15) is 23.1 Å². The first-order chi connectivity index (χ1) is 15.8. The van der Waals surface area contributed by atoms with Gasteiger partial charge in [0.1, 0.15) is 5.75 Å². The molecular weight excluding hydrogens is 511 g/mol. The SMILES string of the molecule is O[B-](F)(F)c1ccc(-c2noc(C3=Cc4cc(Cl)cc(Cl)c4OC3c3ccccc3)n2)cc1.[K+]. The van der Waals surface area contributed by atoms with E-state index in [4.69, 9.17) is 37.5 Å². The van der Waals surface area contributed by atoms with Gasteiger partial charge in [-0.1, -0.05) is 83.0 Å². The molecule has 2 heterocycles. The largest absolute Gasteiger partial charge is 1.00 e. The minimum absolute atomic E-state index is 0. The average Bonchev–Trinajstić information content (AvgIpc) is 3.28. The number of hydrogen-bond acceptors (Lipinski definition) is 5. The van der Waals surface area contributed by atoms with Gasteiger partial charge in [0, 0.05) is 16.1 Å². The Bertz CT molecular complexity index is 1360. The van der Waals surface area contributed by atoms with Gasteiger partial charge >= 0.3 is 58.3 Å². The van der Waals surface area contributed by atoms with E-state index in [0.29, 0.717) is 32.5 Å². The van der Waals surface area contributed by atoms with Crippen molar-refractivity contribution in [2.75, 3.05) is 0 Å². The maximum absolute atomic E-state index is 13.1. The number of nitrogens with zero attached hydrogens (tertiary/aromatic N) is 2. The minimum atomic E-state index is -4.58. The fourth-order valence-corrected chi connectivity index (χ4v) is 4.16. The minimum Gasteiger partial charge on any atom is -0.549 e. The molecular formula is C23H14BCl2F2KN2O3. The van der Waals surface area contributed by atoms with Gasteiger partial charge in [-0.05, 0) is 23.8 Å². The van der Waals surface area contributed by atoms with E-state index in [1.165, 1.54) is 12.1 Å². The third-order valence-corrected chi connectivity index (χ3v) is 5.71. The molecule has 0 aliphatic carbocycles. The van der Waals surface area contributed by atoms with E-state index in [0.717, 1.165) is 17.7 Å². The second-order valence-electron chi connectivity index (χ2n) is 7.48. The van der Waals surface area contributed by atoms with Crippen molar-refractivity contribution in [1.82, 2.24) is 10.1 Å². The number of rotatable bonds is 4. The summed E-state index contributed by atoms with van der Waals surface area (Å²) in [5.74, 6) is 0.884. The molecule has 0 amide bonds. The molecule has 11 heteroatoms. The van der Waals surface area contributed by atoms with E-state index >= 15 is 0 Å². The molecule has 1 aliphatic heterocycles. The van der Waals surface area contributed by atoms with Gasteiger partial charge in [0.05, 0.1) is 10.6 Å². The Balaban J connectivity index is 0.00000274. The smallest absolute Gasteiger partial charge is 0.549 e. The molecule has 3 aromatic carbocycles. The maximum atomic E-state index is 13.1. The van der Waals surface area contributed by atoms with Gasteiger partial charge in [-0.3, -0.25) is 0 Å². The van der Waals surface area contributed by atoms with Gasteiger partial charge in [0.15, 0.2) is 6.10 Å². The molecule has 4 aromatic rings. The molecule has 1 N–H and O–H groups in total. The van der Waals surface area contributed by atoms with E-state index in [2.05, 4.69) is 10.1 Å². The molecule has 1 aromatic heterocycles. The first-order valence-corrected chi connectivity index (χ1v) is 10.7. The molecule has 0 saturated heterocycles. The van der Waals surface area contributed by atoms with Crippen molar-refractivity contribution >= 4 is 47.2 Å². The Hall–Kier alpha value is -1.56. The molecule has 0 bridgehead atoms. The van der Waals surface area contributed by atoms with Crippen molar-refractivity contribution in [3.8, 4) is 17.1 Å². The van der Waals surface area contributed by atoms with Crippen LogP contribution in [0.5, 0.6) is 5.75 Å². The van der Waals surface area contributed by atoms with Crippen LogP contribution >= 0.6 is 23.2 Å². The Kier molecular flexibility index (Phi) is 7.66. The first kappa shape index (κ1) is 25.5. The van der Waals surface area contributed by atoms with Gasteiger partial charge in [0.25, 0.3) is 5.89 Å². The summed E-state index contributed by atoms with van der Waals surface area (Å²) in [6.07, 6.45) is 1.24. The number of halogens is 4. The van der Waals surface area contributed by atoms with Crippen molar-refractivity contribution < 1.29 is 74.3 Å². The molecule has 0 radical (unpaired) electrons. The summed E-state index contributed by atoms with van der Waals surface area (Å²) in [4.78, 5) is 4.45. The summed E-state index contributed by atoms with van der Waals surface area (Å²) in [6.45, 7) is -4.58. The fraction of sp³-hybridized carbons (Fsp3) is 0.0435. The van der Waals surface area contributed by atoms with E-state index < -0.39 is 18.5 Å². The van der Waals surface area contributed by atoms with Crippen LogP contribution in [0.25, 0.3) is 23.0 Å². The van der Waals surface area contributed by atoms with Crippen molar-refractivity contribution in [2.24, 2.45) is 0 Å². The van der Waals surface area contributed by atoms with E-state index in [1.807, 2.05) is 36.4 Å². The van der Waals surface area contributed by atoms with E-state index in [-0.39, 0.29) is 63.1 Å². The van der Waals surface area contributed by atoms with Gasteiger partial charge in [-0.25, -0.2) is 0 Å². The van der Waals surface area contributed by atoms with Gasteiger partial charge < -0.3 is 22.9 Å². The third-order valence-electron chi connectivity index (χ3n) is 5.21. The normalized spacial score (nSPS) is 15.1. The number of ether oxygens (including phenoxy) is 1. The van der Waals surface area contributed by atoms with Crippen LogP contribution < -0.4 is 61.6 Å². The zero-order chi connectivity index (χ0) is 23.2. The molecule has 5 rings (SSSR count). The quantitative estimate of drug-likeness (QED) is 0.416. The molecule has 0 spiro atoms. The average molecular weight is 525 g/mol. The number of aromatic nitrogens is 2. The van der Waals surface area contributed by atoms with Crippen LogP contribution in [0.4, 0.5) is 8.63 Å². The number of hydrogen-bond donors (Lipinski definition) is 1.